The summed E-state index contributed by atoms with van der Waals surface area (Å²) in [6.45, 7) is 13.2. The third kappa shape index (κ3) is 3.17. The van der Waals surface area contributed by atoms with Gasteiger partial charge in [-0.2, -0.15) is 5.10 Å². The molecule has 4 heteroatoms. The first-order valence-corrected chi connectivity index (χ1v) is 8.02. The fourth-order valence-electron chi connectivity index (χ4n) is 3.32. The van der Waals surface area contributed by atoms with Crippen LogP contribution in [0.3, 0.4) is 0 Å². The average Bonchev–Trinajstić information content (AvgIpc) is 2.70. The molecule has 1 saturated heterocycles. The molecule has 2 heterocycles. The van der Waals surface area contributed by atoms with Crippen molar-refractivity contribution < 1.29 is 0 Å². The van der Waals surface area contributed by atoms with Gasteiger partial charge in [0.1, 0.15) is 5.82 Å². The summed E-state index contributed by atoms with van der Waals surface area (Å²) >= 11 is 0. The molecule has 0 amide bonds. The first-order valence-electron chi connectivity index (χ1n) is 8.02. The van der Waals surface area contributed by atoms with E-state index < -0.39 is 0 Å². The highest BCUT2D eigenvalue weighted by Gasteiger charge is 2.25. The molecule has 0 radical (unpaired) electrons. The fourth-order valence-corrected chi connectivity index (χ4v) is 3.32. The lowest BCUT2D eigenvalue weighted by molar-refractivity contribution is 0.309. The molecule has 1 fully saturated rings. The number of rotatable bonds is 5. The van der Waals surface area contributed by atoms with Crippen LogP contribution in [0.25, 0.3) is 0 Å². The van der Waals surface area contributed by atoms with Gasteiger partial charge < -0.3 is 10.2 Å². The van der Waals surface area contributed by atoms with Crippen LogP contribution in [0, 0.1) is 18.8 Å². The number of aromatic nitrogens is 2. The van der Waals surface area contributed by atoms with Gasteiger partial charge >= 0.3 is 0 Å². The molecular weight excluding hydrogens is 248 g/mol. The van der Waals surface area contributed by atoms with E-state index in [2.05, 4.69) is 54.7 Å². The standard InChI is InChI=1S/C16H30N4/c1-6-17-11-15-13(4)18-19(5)16(15)20-9-7-14(8-10-20)12(2)3/h12,14,17H,6-11H2,1-5H3. The molecule has 1 aliphatic heterocycles. The molecule has 1 aromatic heterocycles. The summed E-state index contributed by atoms with van der Waals surface area (Å²) in [6, 6.07) is 0. The van der Waals surface area contributed by atoms with Gasteiger partial charge in [0.2, 0.25) is 0 Å². The Bertz CT molecular complexity index is 428. The molecule has 0 atom stereocenters. The van der Waals surface area contributed by atoms with Gasteiger partial charge in [-0.05, 0) is 38.1 Å². The number of nitrogens with one attached hydrogen (secondary N) is 1. The van der Waals surface area contributed by atoms with Crippen molar-refractivity contribution in [3.8, 4) is 0 Å². The van der Waals surface area contributed by atoms with Crippen molar-refractivity contribution in [1.82, 2.24) is 15.1 Å². The first kappa shape index (κ1) is 15.4. The third-order valence-electron chi connectivity index (χ3n) is 4.65. The monoisotopic (exact) mass is 278 g/mol. The summed E-state index contributed by atoms with van der Waals surface area (Å²) in [5.74, 6) is 3.02. The van der Waals surface area contributed by atoms with Crippen molar-refractivity contribution >= 4 is 5.82 Å². The molecule has 0 saturated carbocycles. The SMILES string of the molecule is CCNCc1c(C)nn(C)c1N1CCC(C(C)C)CC1. The summed E-state index contributed by atoms with van der Waals surface area (Å²) in [7, 11) is 2.08. The Labute approximate surface area is 123 Å². The highest BCUT2D eigenvalue weighted by Crippen LogP contribution is 2.30. The second-order valence-corrected chi connectivity index (χ2v) is 6.36. The largest absolute Gasteiger partial charge is 0.357 e. The summed E-state index contributed by atoms with van der Waals surface area (Å²) < 4.78 is 2.07. The van der Waals surface area contributed by atoms with Crippen molar-refractivity contribution in [3.63, 3.8) is 0 Å². The smallest absolute Gasteiger partial charge is 0.131 e. The van der Waals surface area contributed by atoms with E-state index in [4.69, 9.17) is 0 Å². The maximum Gasteiger partial charge on any atom is 0.131 e. The molecule has 0 unspecified atom stereocenters. The lowest BCUT2D eigenvalue weighted by Gasteiger charge is -2.35. The topological polar surface area (TPSA) is 33.1 Å². The van der Waals surface area contributed by atoms with Crippen LogP contribution < -0.4 is 10.2 Å². The molecule has 0 aliphatic carbocycles. The Balaban J connectivity index is 2.12. The van der Waals surface area contributed by atoms with Crippen LogP contribution in [-0.4, -0.2) is 29.4 Å². The molecule has 0 bridgehead atoms. The van der Waals surface area contributed by atoms with Gasteiger partial charge in [-0.25, -0.2) is 0 Å². The minimum atomic E-state index is 0.812. The van der Waals surface area contributed by atoms with Crippen LogP contribution in [0.2, 0.25) is 0 Å². The van der Waals surface area contributed by atoms with Gasteiger partial charge in [-0.15, -0.1) is 0 Å². The van der Waals surface area contributed by atoms with Crippen LogP contribution in [-0.2, 0) is 13.6 Å². The molecule has 2 rings (SSSR count). The van der Waals surface area contributed by atoms with E-state index in [1.54, 1.807) is 0 Å². The molecule has 0 spiro atoms. The number of nitrogens with zero attached hydrogens (tertiary/aromatic N) is 3. The zero-order valence-electron chi connectivity index (χ0n) is 13.7. The minimum Gasteiger partial charge on any atom is -0.357 e. The predicted octanol–water partition coefficient (Wildman–Crippen LogP) is 2.71. The van der Waals surface area contributed by atoms with Gasteiger partial charge in [0.15, 0.2) is 0 Å². The van der Waals surface area contributed by atoms with Gasteiger partial charge in [0.05, 0.1) is 5.69 Å². The van der Waals surface area contributed by atoms with Gasteiger partial charge in [-0.1, -0.05) is 20.8 Å². The van der Waals surface area contributed by atoms with Crippen molar-refractivity contribution in [3.05, 3.63) is 11.3 Å². The lowest BCUT2D eigenvalue weighted by Crippen LogP contribution is -2.37. The first-order chi connectivity index (χ1) is 9.54. The quantitative estimate of drug-likeness (QED) is 0.899. The third-order valence-corrected chi connectivity index (χ3v) is 4.65. The highest BCUT2D eigenvalue weighted by molar-refractivity contribution is 5.50. The predicted molar refractivity (Wildman–Crippen MR) is 85.1 cm³/mol. The molecule has 4 nitrogen and oxygen atoms in total. The van der Waals surface area contributed by atoms with Gasteiger partial charge in [0, 0.05) is 32.2 Å². The number of anilines is 1. The summed E-state index contributed by atoms with van der Waals surface area (Å²) in [4.78, 5) is 2.53. The molecule has 20 heavy (non-hydrogen) atoms. The Morgan fingerprint density at radius 2 is 1.95 bits per heavy atom. The maximum atomic E-state index is 4.63. The zero-order chi connectivity index (χ0) is 14.7. The van der Waals surface area contributed by atoms with Crippen LogP contribution in [0.15, 0.2) is 0 Å². The highest BCUT2D eigenvalue weighted by atomic mass is 15.4. The summed E-state index contributed by atoms with van der Waals surface area (Å²) in [6.07, 6.45) is 2.62. The van der Waals surface area contributed by atoms with Gasteiger partial charge in [-0.3, -0.25) is 4.68 Å². The number of aryl methyl sites for hydroxylation is 2. The normalized spacial score (nSPS) is 17.2. The number of hydrogen-bond donors (Lipinski definition) is 1. The summed E-state index contributed by atoms with van der Waals surface area (Å²) in [5, 5.41) is 8.07. The molecule has 1 aliphatic rings. The molecule has 114 valence electrons. The second-order valence-electron chi connectivity index (χ2n) is 6.36. The Kier molecular flexibility index (Phi) is 5.08. The van der Waals surface area contributed by atoms with Crippen molar-refractivity contribution in [1.29, 1.82) is 0 Å². The zero-order valence-corrected chi connectivity index (χ0v) is 13.7. The van der Waals surface area contributed by atoms with Crippen molar-refractivity contribution in [2.45, 2.75) is 47.1 Å². The van der Waals surface area contributed by atoms with Crippen LogP contribution >= 0.6 is 0 Å². The van der Waals surface area contributed by atoms with E-state index in [9.17, 15) is 0 Å². The maximum absolute atomic E-state index is 4.63. The summed E-state index contributed by atoms with van der Waals surface area (Å²) in [5.41, 5.74) is 2.53. The second kappa shape index (κ2) is 6.61. The van der Waals surface area contributed by atoms with Crippen molar-refractivity contribution in [2.24, 2.45) is 18.9 Å². The molecular formula is C16H30N4. The van der Waals surface area contributed by atoms with E-state index >= 15 is 0 Å². The van der Waals surface area contributed by atoms with Gasteiger partial charge in [0.25, 0.3) is 0 Å². The van der Waals surface area contributed by atoms with Crippen molar-refractivity contribution in [2.75, 3.05) is 24.5 Å². The lowest BCUT2D eigenvalue weighted by atomic mass is 9.86. The molecule has 0 aromatic carbocycles. The van der Waals surface area contributed by atoms with Crippen LogP contribution in [0.1, 0.15) is 44.9 Å². The molecule has 1 N–H and O–H groups in total. The van der Waals surface area contributed by atoms with E-state index in [-0.39, 0.29) is 0 Å². The Morgan fingerprint density at radius 3 is 2.50 bits per heavy atom. The Hall–Kier alpha value is -1.03. The average molecular weight is 278 g/mol. The van der Waals surface area contributed by atoms with E-state index in [0.717, 1.165) is 30.6 Å². The number of piperidine rings is 1. The molecule has 1 aromatic rings. The minimum absolute atomic E-state index is 0.812. The van der Waals surface area contributed by atoms with Crippen LogP contribution in [0.5, 0.6) is 0 Å². The van der Waals surface area contributed by atoms with E-state index in [1.165, 1.54) is 37.3 Å². The Morgan fingerprint density at radius 1 is 1.30 bits per heavy atom. The van der Waals surface area contributed by atoms with E-state index in [1.807, 2.05) is 0 Å². The number of hydrogen-bond acceptors (Lipinski definition) is 3. The van der Waals surface area contributed by atoms with Crippen LogP contribution in [0.4, 0.5) is 5.82 Å². The fraction of sp³-hybridized carbons (Fsp3) is 0.812. The van der Waals surface area contributed by atoms with E-state index in [0.29, 0.717) is 0 Å².